The van der Waals surface area contributed by atoms with Gasteiger partial charge < -0.3 is 10.6 Å². The molecule has 0 spiro atoms. The lowest BCUT2D eigenvalue weighted by Crippen LogP contribution is -2.41. The highest BCUT2D eigenvalue weighted by Gasteiger charge is 2.26. The number of nitrogens with zero attached hydrogens (tertiary/aromatic N) is 2. The van der Waals surface area contributed by atoms with Crippen LogP contribution < -0.4 is 10.6 Å². The number of carbonyl (C=O) groups excluding carboxylic acids is 1. The summed E-state index contributed by atoms with van der Waals surface area (Å²) in [6.45, 7) is 0.580. The largest absolute Gasteiger partial charge is 0.383 e. The summed E-state index contributed by atoms with van der Waals surface area (Å²) in [7, 11) is -3.86. The molecule has 3 aromatic carbocycles. The first-order valence-electron chi connectivity index (χ1n) is 11.1. The Morgan fingerprint density at radius 2 is 1.63 bits per heavy atom. The maximum absolute atomic E-state index is 13.3. The molecule has 0 unspecified atom stereocenters. The van der Waals surface area contributed by atoms with Crippen LogP contribution in [0.2, 0.25) is 5.02 Å². The number of carbonyl (C=O) groups is 1. The Morgan fingerprint density at radius 1 is 0.914 bits per heavy atom. The van der Waals surface area contributed by atoms with Gasteiger partial charge in [-0.2, -0.15) is 4.31 Å². The molecule has 4 rings (SSSR count). The summed E-state index contributed by atoms with van der Waals surface area (Å²) in [4.78, 5) is 17.2. The smallest absolute Gasteiger partial charge is 0.243 e. The highest BCUT2D eigenvalue weighted by Crippen LogP contribution is 2.24. The molecular weight excluding hydrogens is 484 g/mol. The van der Waals surface area contributed by atoms with Crippen molar-refractivity contribution in [3.8, 4) is 0 Å². The zero-order chi connectivity index (χ0) is 24.7. The predicted octanol–water partition coefficient (Wildman–Crippen LogP) is 4.31. The van der Waals surface area contributed by atoms with Gasteiger partial charge in [-0.3, -0.25) is 9.78 Å². The number of fused-ring (bicyclic) bond motifs is 1. The van der Waals surface area contributed by atoms with Crippen molar-refractivity contribution in [2.75, 3.05) is 25.0 Å². The van der Waals surface area contributed by atoms with Crippen molar-refractivity contribution in [3.63, 3.8) is 0 Å². The van der Waals surface area contributed by atoms with Crippen LogP contribution >= 0.6 is 11.6 Å². The molecule has 0 aliphatic carbocycles. The monoisotopic (exact) mass is 508 g/mol. The Bertz CT molecular complexity index is 1400. The average molecular weight is 509 g/mol. The van der Waals surface area contributed by atoms with Crippen LogP contribution in [0.3, 0.4) is 0 Å². The summed E-state index contributed by atoms with van der Waals surface area (Å²) >= 11 is 6.04. The summed E-state index contributed by atoms with van der Waals surface area (Å²) in [5.41, 5.74) is 2.44. The molecule has 0 aliphatic heterocycles. The second kappa shape index (κ2) is 11.3. The van der Waals surface area contributed by atoms with Crippen molar-refractivity contribution < 1.29 is 13.2 Å². The van der Waals surface area contributed by atoms with Gasteiger partial charge in [-0.05, 0) is 42.0 Å². The molecule has 0 atom stereocenters. The van der Waals surface area contributed by atoms with Gasteiger partial charge >= 0.3 is 0 Å². The van der Waals surface area contributed by atoms with Gasteiger partial charge in [0.15, 0.2) is 0 Å². The normalized spacial score (nSPS) is 11.5. The lowest BCUT2D eigenvalue weighted by molar-refractivity contribution is -0.121. The van der Waals surface area contributed by atoms with Gasteiger partial charge in [0, 0.05) is 41.9 Å². The Kier molecular flexibility index (Phi) is 7.97. The molecule has 1 amide bonds. The van der Waals surface area contributed by atoms with Crippen molar-refractivity contribution in [1.82, 2.24) is 14.6 Å². The maximum atomic E-state index is 13.3. The fourth-order valence-electron chi connectivity index (χ4n) is 3.65. The van der Waals surface area contributed by atoms with Crippen LogP contribution in [0.15, 0.2) is 96.0 Å². The maximum Gasteiger partial charge on any atom is 0.243 e. The quantitative estimate of drug-likeness (QED) is 0.311. The standard InChI is InChI=1S/C26H25ClN4O3S/c27-21-11-12-23-24(13-14-28-25(23)17-21)29-15-16-30-26(32)19-31(18-20-7-3-1-4-8-20)35(33,34)22-9-5-2-6-10-22/h1-14,17H,15-16,18-19H2,(H,28,29)(H,30,32). The molecule has 0 fully saturated rings. The minimum atomic E-state index is -3.86. The van der Waals surface area contributed by atoms with Crippen molar-refractivity contribution in [2.45, 2.75) is 11.4 Å². The number of amides is 1. The average Bonchev–Trinajstić information content (AvgIpc) is 2.87. The zero-order valence-electron chi connectivity index (χ0n) is 18.9. The van der Waals surface area contributed by atoms with Gasteiger partial charge in [0.2, 0.25) is 15.9 Å². The predicted molar refractivity (Wildman–Crippen MR) is 139 cm³/mol. The third-order valence-electron chi connectivity index (χ3n) is 5.37. The molecule has 0 saturated heterocycles. The number of aromatic nitrogens is 1. The zero-order valence-corrected chi connectivity index (χ0v) is 20.5. The number of hydrogen-bond donors (Lipinski definition) is 2. The van der Waals surface area contributed by atoms with Gasteiger partial charge in [-0.1, -0.05) is 60.1 Å². The van der Waals surface area contributed by atoms with Gasteiger partial charge in [-0.25, -0.2) is 8.42 Å². The second-order valence-corrected chi connectivity index (χ2v) is 10.2. The number of benzene rings is 3. The van der Waals surface area contributed by atoms with Crippen LogP contribution in [0.5, 0.6) is 0 Å². The van der Waals surface area contributed by atoms with Crippen LogP contribution in [-0.4, -0.2) is 43.2 Å². The molecule has 2 N–H and O–H groups in total. The number of nitrogens with one attached hydrogen (secondary N) is 2. The lowest BCUT2D eigenvalue weighted by atomic mass is 10.2. The molecule has 35 heavy (non-hydrogen) atoms. The molecule has 1 heterocycles. The highest BCUT2D eigenvalue weighted by molar-refractivity contribution is 7.89. The molecule has 180 valence electrons. The fourth-order valence-corrected chi connectivity index (χ4v) is 5.22. The van der Waals surface area contributed by atoms with Crippen molar-refractivity contribution in [2.24, 2.45) is 0 Å². The molecule has 0 aliphatic rings. The Morgan fingerprint density at radius 3 is 2.37 bits per heavy atom. The van der Waals surface area contributed by atoms with E-state index in [-0.39, 0.29) is 23.9 Å². The van der Waals surface area contributed by atoms with E-state index >= 15 is 0 Å². The van der Waals surface area contributed by atoms with Crippen LogP contribution in [0.1, 0.15) is 5.56 Å². The van der Waals surface area contributed by atoms with Gasteiger partial charge in [0.25, 0.3) is 0 Å². The Labute approximate surface area is 209 Å². The molecular formula is C26H25ClN4O3S. The molecule has 0 radical (unpaired) electrons. The van der Waals surface area contributed by atoms with Gasteiger partial charge in [0.1, 0.15) is 0 Å². The van der Waals surface area contributed by atoms with E-state index < -0.39 is 10.0 Å². The highest BCUT2D eigenvalue weighted by atomic mass is 35.5. The van der Waals surface area contributed by atoms with E-state index in [9.17, 15) is 13.2 Å². The SMILES string of the molecule is O=C(CN(Cc1ccccc1)S(=O)(=O)c1ccccc1)NCCNc1ccnc2cc(Cl)ccc12. The first kappa shape index (κ1) is 24.7. The number of halogens is 1. The van der Waals surface area contributed by atoms with E-state index in [1.807, 2.05) is 42.5 Å². The van der Waals surface area contributed by atoms with E-state index in [4.69, 9.17) is 11.6 Å². The van der Waals surface area contributed by atoms with E-state index in [1.54, 1.807) is 36.5 Å². The number of sulfonamides is 1. The summed E-state index contributed by atoms with van der Waals surface area (Å²) in [5.74, 6) is -0.381. The summed E-state index contributed by atoms with van der Waals surface area (Å²) in [6, 6.07) is 24.7. The molecule has 4 aromatic rings. The molecule has 0 bridgehead atoms. The fraction of sp³-hybridized carbons (Fsp3) is 0.154. The number of rotatable bonds is 10. The lowest BCUT2D eigenvalue weighted by Gasteiger charge is -2.22. The van der Waals surface area contributed by atoms with Crippen LogP contribution in [0.4, 0.5) is 5.69 Å². The molecule has 0 saturated carbocycles. The first-order chi connectivity index (χ1) is 16.9. The molecule has 1 aromatic heterocycles. The minimum absolute atomic E-state index is 0.0926. The van der Waals surface area contributed by atoms with E-state index in [2.05, 4.69) is 15.6 Å². The van der Waals surface area contributed by atoms with Crippen molar-refractivity contribution in [1.29, 1.82) is 0 Å². The third-order valence-corrected chi connectivity index (χ3v) is 7.41. The first-order valence-corrected chi connectivity index (χ1v) is 12.9. The number of hydrogen-bond acceptors (Lipinski definition) is 5. The Balaban J connectivity index is 1.39. The van der Waals surface area contributed by atoms with Gasteiger partial charge in [0.05, 0.1) is 17.0 Å². The van der Waals surface area contributed by atoms with Gasteiger partial charge in [-0.15, -0.1) is 0 Å². The topological polar surface area (TPSA) is 91.4 Å². The van der Waals surface area contributed by atoms with Crippen LogP contribution in [0, 0.1) is 0 Å². The van der Waals surface area contributed by atoms with Crippen LogP contribution in [-0.2, 0) is 21.4 Å². The van der Waals surface area contributed by atoms with Crippen molar-refractivity contribution >= 4 is 44.1 Å². The van der Waals surface area contributed by atoms with Crippen molar-refractivity contribution in [3.05, 3.63) is 102 Å². The minimum Gasteiger partial charge on any atom is -0.383 e. The van der Waals surface area contributed by atoms with E-state index in [0.717, 1.165) is 22.2 Å². The molecule has 7 nitrogen and oxygen atoms in total. The third kappa shape index (κ3) is 6.36. The second-order valence-electron chi connectivity index (χ2n) is 7.87. The number of pyridine rings is 1. The summed E-state index contributed by atoms with van der Waals surface area (Å²) < 4.78 is 27.7. The van der Waals surface area contributed by atoms with E-state index in [1.165, 1.54) is 16.4 Å². The molecule has 9 heteroatoms. The summed E-state index contributed by atoms with van der Waals surface area (Å²) in [5, 5.41) is 7.62. The summed E-state index contributed by atoms with van der Waals surface area (Å²) in [6.07, 6.45) is 1.69. The van der Waals surface area contributed by atoms with Crippen LogP contribution in [0.25, 0.3) is 10.9 Å². The Hall–Kier alpha value is -3.46. The number of anilines is 1. The van der Waals surface area contributed by atoms with E-state index in [0.29, 0.717) is 18.1 Å².